The number of hydrogen-bond donors (Lipinski definition) is 0. The van der Waals surface area contributed by atoms with E-state index in [1.54, 1.807) is 14.2 Å². The Balaban J connectivity index is 1.66. The van der Waals surface area contributed by atoms with Crippen LogP contribution in [0.1, 0.15) is 39.3 Å². The Bertz CT molecular complexity index is 1290. The number of aryl methyl sites for hydroxylation is 2. The Morgan fingerprint density at radius 3 is 1.94 bits per heavy atom. The van der Waals surface area contributed by atoms with Crippen LogP contribution in [0, 0.1) is 25.7 Å². The van der Waals surface area contributed by atoms with Crippen molar-refractivity contribution in [3.8, 4) is 0 Å². The fraction of sp³-hybridized carbons (Fsp3) is 0.310. The van der Waals surface area contributed by atoms with Gasteiger partial charge in [0, 0.05) is 20.1 Å². The van der Waals surface area contributed by atoms with Crippen molar-refractivity contribution in [2.45, 2.75) is 31.5 Å². The molecule has 3 aromatic carbocycles. The van der Waals surface area contributed by atoms with Crippen LogP contribution in [0.2, 0.25) is 0 Å². The van der Waals surface area contributed by atoms with Crippen LogP contribution in [0.25, 0.3) is 0 Å². The molecule has 0 spiro atoms. The van der Waals surface area contributed by atoms with Crippen molar-refractivity contribution in [1.29, 1.82) is 0 Å². The van der Waals surface area contributed by atoms with E-state index in [2.05, 4.69) is 24.3 Å². The van der Waals surface area contributed by atoms with Crippen molar-refractivity contribution >= 4 is 17.5 Å². The summed E-state index contributed by atoms with van der Waals surface area (Å²) >= 11 is 0. The topological polar surface area (TPSA) is 55.8 Å². The third kappa shape index (κ3) is 2.41. The average molecular weight is 454 g/mol. The van der Waals surface area contributed by atoms with Crippen LogP contribution in [-0.2, 0) is 24.5 Å². The molecule has 172 valence electrons. The largest absolute Gasteiger partial charge is 0.355 e. The van der Waals surface area contributed by atoms with E-state index < -0.39 is 23.5 Å². The lowest BCUT2D eigenvalue weighted by atomic mass is 9.47. The summed E-state index contributed by atoms with van der Waals surface area (Å²) in [5.41, 5.74) is 6.03. The van der Waals surface area contributed by atoms with Gasteiger partial charge in [-0.3, -0.25) is 9.59 Å². The van der Waals surface area contributed by atoms with Crippen LogP contribution < -0.4 is 4.90 Å². The maximum atomic E-state index is 14.3. The predicted molar refractivity (Wildman–Crippen MR) is 129 cm³/mol. The summed E-state index contributed by atoms with van der Waals surface area (Å²) in [5.74, 6) is -1.68. The van der Waals surface area contributed by atoms with Gasteiger partial charge in [-0.15, -0.1) is 0 Å². The molecule has 4 aliphatic rings. The van der Waals surface area contributed by atoms with Gasteiger partial charge in [-0.25, -0.2) is 4.90 Å². The first-order chi connectivity index (χ1) is 16.5. The summed E-state index contributed by atoms with van der Waals surface area (Å²) in [4.78, 5) is 29.8. The maximum absolute atomic E-state index is 14.3. The van der Waals surface area contributed by atoms with E-state index in [1.807, 2.05) is 56.3 Å². The number of carbonyl (C=O) groups is 2. The van der Waals surface area contributed by atoms with Gasteiger partial charge in [0.15, 0.2) is 6.29 Å². The summed E-state index contributed by atoms with van der Waals surface area (Å²) in [7, 11) is 3.21. The Morgan fingerprint density at radius 1 is 0.794 bits per heavy atom. The van der Waals surface area contributed by atoms with Crippen molar-refractivity contribution < 1.29 is 19.1 Å². The molecule has 3 aromatic rings. The highest BCUT2D eigenvalue weighted by Crippen LogP contribution is 2.65. The molecule has 1 saturated heterocycles. The van der Waals surface area contributed by atoms with Gasteiger partial charge in [0.1, 0.15) is 0 Å². The van der Waals surface area contributed by atoms with Crippen LogP contribution >= 0.6 is 0 Å². The molecule has 34 heavy (non-hydrogen) atoms. The van der Waals surface area contributed by atoms with E-state index >= 15 is 0 Å². The van der Waals surface area contributed by atoms with E-state index in [1.165, 1.54) is 4.90 Å². The average Bonchev–Trinajstić information content (AvgIpc) is 3.13. The fourth-order valence-electron chi connectivity index (χ4n) is 6.82. The van der Waals surface area contributed by atoms with Crippen LogP contribution in [0.5, 0.6) is 0 Å². The molecule has 7 rings (SSSR count). The van der Waals surface area contributed by atoms with Crippen molar-refractivity contribution in [2.24, 2.45) is 11.8 Å². The third-order valence-corrected chi connectivity index (χ3v) is 8.23. The lowest BCUT2D eigenvalue weighted by Crippen LogP contribution is -2.60. The Morgan fingerprint density at radius 2 is 1.38 bits per heavy atom. The highest BCUT2D eigenvalue weighted by Gasteiger charge is 2.71. The summed E-state index contributed by atoms with van der Waals surface area (Å²) in [6.07, 6.45) is -0.736. The van der Waals surface area contributed by atoms with E-state index in [9.17, 15) is 9.59 Å². The molecule has 0 N–H and O–H groups in total. The second kappa shape index (κ2) is 7.36. The van der Waals surface area contributed by atoms with Crippen molar-refractivity contribution in [2.75, 3.05) is 19.1 Å². The maximum Gasteiger partial charge on any atom is 0.239 e. The summed E-state index contributed by atoms with van der Waals surface area (Å²) in [6, 6.07) is 22.0. The number of nitrogens with zero attached hydrogens (tertiary/aromatic N) is 1. The Hall–Kier alpha value is -3.28. The SMILES string of the molecule is COC(OC)C12c3ccccc3C(c3ccccc31)[C@H]1C(=O)N(c3ccc(C)c(C)c3)C(=O)[C@H]12. The van der Waals surface area contributed by atoms with Gasteiger partial charge < -0.3 is 9.47 Å². The van der Waals surface area contributed by atoms with Gasteiger partial charge in [-0.1, -0.05) is 54.6 Å². The Labute approximate surface area is 199 Å². The first-order valence-corrected chi connectivity index (χ1v) is 11.7. The minimum absolute atomic E-state index is 0.150. The molecular formula is C29H27NO4. The molecule has 2 atom stereocenters. The summed E-state index contributed by atoms with van der Waals surface area (Å²) in [6.45, 7) is 4.02. The van der Waals surface area contributed by atoms with Crippen molar-refractivity contribution in [3.05, 3.63) is 100 Å². The van der Waals surface area contributed by atoms with Crippen LogP contribution in [0.3, 0.4) is 0 Å². The smallest absolute Gasteiger partial charge is 0.239 e. The first kappa shape index (κ1) is 21.3. The van der Waals surface area contributed by atoms with Crippen molar-refractivity contribution in [1.82, 2.24) is 0 Å². The number of rotatable bonds is 4. The standard InChI is InChI=1S/C29H27NO4/c1-16-13-14-18(15-17(16)2)30-26(31)24-23-19-9-5-7-11-21(19)29(25(24)27(30)32,28(33-3)34-4)22-12-8-6-10-20(22)23/h5-15,23-25,28H,1-4H3/t23?,24-,25+,29?/m1/s1. The molecule has 1 heterocycles. The summed E-state index contributed by atoms with van der Waals surface area (Å²) in [5, 5.41) is 0. The van der Waals surface area contributed by atoms with Crippen molar-refractivity contribution in [3.63, 3.8) is 0 Å². The van der Waals surface area contributed by atoms with Gasteiger partial charge in [0.05, 0.1) is 22.9 Å². The minimum atomic E-state index is -0.933. The second-order valence-electron chi connectivity index (χ2n) is 9.61. The highest BCUT2D eigenvalue weighted by molar-refractivity contribution is 6.23. The number of methoxy groups -OCH3 is 2. The van der Waals surface area contributed by atoms with E-state index in [0.717, 1.165) is 33.4 Å². The highest BCUT2D eigenvalue weighted by atomic mass is 16.7. The molecule has 1 fully saturated rings. The van der Waals surface area contributed by atoms with E-state index in [4.69, 9.17) is 9.47 Å². The number of benzene rings is 3. The molecule has 0 aromatic heterocycles. The lowest BCUT2D eigenvalue weighted by molar-refractivity contribution is -0.168. The number of imide groups is 1. The molecule has 0 unspecified atom stereocenters. The molecule has 1 aliphatic heterocycles. The molecule has 2 amide bonds. The molecule has 3 aliphatic carbocycles. The van der Waals surface area contributed by atoms with E-state index in [-0.39, 0.29) is 17.7 Å². The van der Waals surface area contributed by atoms with Gasteiger partial charge in [-0.2, -0.15) is 0 Å². The molecule has 0 saturated carbocycles. The zero-order valence-electron chi connectivity index (χ0n) is 19.7. The number of carbonyl (C=O) groups excluding carboxylic acids is 2. The molecule has 0 radical (unpaired) electrons. The number of hydrogen-bond acceptors (Lipinski definition) is 4. The van der Waals surface area contributed by atoms with Gasteiger partial charge >= 0.3 is 0 Å². The number of ether oxygens (including phenoxy) is 2. The monoisotopic (exact) mass is 453 g/mol. The van der Waals surface area contributed by atoms with E-state index in [0.29, 0.717) is 5.69 Å². The van der Waals surface area contributed by atoms with Gasteiger partial charge in [0.2, 0.25) is 11.8 Å². The normalized spacial score (nSPS) is 26.6. The van der Waals surface area contributed by atoms with Crippen LogP contribution in [0.4, 0.5) is 5.69 Å². The number of amides is 2. The summed E-state index contributed by atoms with van der Waals surface area (Å²) < 4.78 is 11.9. The van der Waals surface area contributed by atoms with Gasteiger partial charge in [-0.05, 0) is 59.4 Å². The van der Waals surface area contributed by atoms with Crippen LogP contribution in [0.15, 0.2) is 66.7 Å². The molecular weight excluding hydrogens is 426 g/mol. The number of anilines is 1. The fourth-order valence-corrected chi connectivity index (χ4v) is 6.82. The minimum Gasteiger partial charge on any atom is -0.355 e. The molecule has 2 bridgehead atoms. The first-order valence-electron chi connectivity index (χ1n) is 11.7. The zero-order chi connectivity index (χ0) is 23.8. The van der Waals surface area contributed by atoms with Crippen LogP contribution in [-0.4, -0.2) is 32.3 Å². The zero-order valence-corrected chi connectivity index (χ0v) is 19.7. The third-order valence-electron chi connectivity index (χ3n) is 8.23. The second-order valence-corrected chi connectivity index (χ2v) is 9.61. The Kier molecular flexibility index (Phi) is 4.60. The molecule has 5 nitrogen and oxygen atoms in total. The molecule has 5 heteroatoms. The quantitative estimate of drug-likeness (QED) is 0.432. The predicted octanol–water partition coefficient (Wildman–Crippen LogP) is 4.47. The lowest BCUT2D eigenvalue weighted by Gasteiger charge is -2.56. The van der Waals surface area contributed by atoms with Gasteiger partial charge in [0.25, 0.3) is 0 Å².